The predicted molar refractivity (Wildman–Crippen MR) is 60.9 cm³/mol. The SMILES string of the molecule is CCOCCC(NN)c1c(OC)cnn1C. The molecule has 0 saturated carbocycles. The van der Waals surface area contributed by atoms with Crippen molar-refractivity contribution in [2.45, 2.75) is 19.4 Å². The maximum atomic E-state index is 5.54. The maximum Gasteiger partial charge on any atom is 0.161 e. The van der Waals surface area contributed by atoms with Crippen LogP contribution in [0.15, 0.2) is 6.20 Å². The van der Waals surface area contributed by atoms with Gasteiger partial charge in [-0.1, -0.05) is 0 Å². The van der Waals surface area contributed by atoms with Gasteiger partial charge in [0.25, 0.3) is 0 Å². The van der Waals surface area contributed by atoms with Crippen LogP contribution in [-0.2, 0) is 11.8 Å². The van der Waals surface area contributed by atoms with Gasteiger partial charge in [0.2, 0.25) is 0 Å². The molecule has 1 atom stereocenters. The van der Waals surface area contributed by atoms with Gasteiger partial charge in [-0.05, 0) is 13.3 Å². The summed E-state index contributed by atoms with van der Waals surface area (Å²) in [5.74, 6) is 6.27. The molecule has 1 rings (SSSR count). The molecule has 3 N–H and O–H groups in total. The van der Waals surface area contributed by atoms with Gasteiger partial charge in [-0.15, -0.1) is 0 Å². The van der Waals surface area contributed by atoms with Gasteiger partial charge in [-0.3, -0.25) is 16.0 Å². The molecule has 0 aliphatic heterocycles. The number of methoxy groups -OCH3 is 1. The monoisotopic (exact) mass is 228 g/mol. The Morgan fingerprint density at radius 2 is 2.38 bits per heavy atom. The van der Waals surface area contributed by atoms with E-state index >= 15 is 0 Å². The third-order valence-corrected chi connectivity index (χ3v) is 2.46. The lowest BCUT2D eigenvalue weighted by Gasteiger charge is -2.17. The van der Waals surface area contributed by atoms with Gasteiger partial charge >= 0.3 is 0 Å². The summed E-state index contributed by atoms with van der Waals surface area (Å²) in [6.45, 7) is 3.33. The lowest BCUT2D eigenvalue weighted by atomic mass is 10.1. The number of hydrogen-bond donors (Lipinski definition) is 2. The van der Waals surface area contributed by atoms with Gasteiger partial charge in [-0.2, -0.15) is 5.10 Å². The van der Waals surface area contributed by atoms with E-state index in [0.29, 0.717) is 13.2 Å². The third-order valence-electron chi connectivity index (χ3n) is 2.46. The van der Waals surface area contributed by atoms with E-state index in [1.807, 2.05) is 14.0 Å². The first-order chi connectivity index (χ1) is 7.74. The average Bonchev–Trinajstić information content (AvgIpc) is 2.66. The summed E-state index contributed by atoms with van der Waals surface area (Å²) in [6.07, 6.45) is 2.46. The van der Waals surface area contributed by atoms with Crippen molar-refractivity contribution in [3.8, 4) is 5.75 Å². The van der Waals surface area contributed by atoms with Crippen LogP contribution in [0.25, 0.3) is 0 Å². The maximum absolute atomic E-state index is 5.54. The molecule has 1 aromatic heterocycles. The van der Waals surface area contributed by atoms with Crippen LogP contribution in [0.2, 0.25) is 0 Å². The van der Waals surface area contributed by atoms with Crippen LogP contribution in [0.1, 0.15) is 25.1 Å². The molecule has 0 aliphatic carbocycles. The highest BCUT2D eigenvalue weighted by Crippen LogP contribution is 2.25. The molecule has 6 nitrogen and oxygen atoms in total. The molecular weight excluding hydrogens is 208 g/mol. The minimum absolute atomic E-state index is 0.0194. The van der Waals surface area contributed by atoms with E-state index in [4.69, 9.17) is 15.3 Å². The summed E-state index contributed by atoms with van der Waals surface area (Å²) in [4.78, 5) is 0. The van der Waals surface area contributed by atoms with Crippen molar-refractivity contribution in [2.75, 3.05) is 20.3 Å². The van der Waals surface area contributed by atoms with E-state index in [2.05, 4.69) is 10.5 Å². The van der Waals surface area contributed by atoms with E-state index in [1.165, 1.54) is 0 Å². The van der Waals surface area contributed by atoms with Crippen LogP contribution in [0.4, 0.5) is 0 Å². The largest absolute Gasteiger partial charge is 0.493 e. The number of rotatable bonds is 7. The second kappa shape index (κ2) is 6.47. The molecule has 1 heterocycles. The number of ether oxygens (including phenoxy) is 2. The molecule has 0 aromatic carbocycles. The first-order valence-electron chi connectivity index (χ1n) is 5.34. The fourth-order valence-corrected chi connectivity index (χ4v) is 1.63. The number of aryl methyl sites for hydroxylation is 1. The molecule has 0 radical (unpaired) electrons. The zero-order chi connectivity index (χ0) is 12.0. The highest BCUT2D eigenvalue weighted by atomic mass is 16.5. The number of nitrogens with two attached hydrogens (primary N) is 1. The summed E-state index contributed by atoms with van der Waals surface area (Å²) in [5.41, 5.74) is 3.69. The van der Waals surface area contributed by atoms with Crippen molar-refractivity contribution in [3.63, 3.8) is 0 Å². The highest BCUT2D eigenvalue weighted by Gasteiger charge is 2.19. The summed E-state index contributed by atoms with van der Waals surface area (Å²) in [5, 5.41) is 4.14. The summed E-state index contributed by atoms with van der Waals surface area (Å²) in [6, 6.07) is -0.0194. The van der Waals surface area contributed by atoms with Crippen molar-refractivity contribution in [1.29, 1.82) is 0 Å². The minimum atomic E-state index is -0.0194. The van der Waals surface area contributed by atoms with E-state index < -0.39 is 0 Å². The van der Waals surface area contributed by atoms with Crippen molar-refractivity contribution in [2.24, 2.45) is 12.9 Å². The van der Waals surface area contributed by atoms with Crippen molar-refractivity contribution in [3.05, 3.63) is 11.9 Å². The lowest BCUT2D eigenvalue weighted by Crippen LogP contribution is -2.30. The topological polar surface area (TPSA) is 74.3 Å². The number of nitrogens with zero attached hydrogens (tertiary/aromatic N) is 2. The Bertz CT molecular complexity index is 314. The molecule has 0 aliphatic rings. The third kappa shape index (κ3) is 2.94. The van der Waals surface area contributed by atoms with Crippen LogP contribution in [-0.4, -0.2) is 30.1 Å². The van der Waals surface area contributed by atoms with Crippen molar-refractivity contribution in [1.82, 2.24) is 15.2 Å². The molecule has 6 heteroatoms. The Labute approximate surface area is 95.7 Å². The van der Waals surface area contributed by atoms with Crippen LogP contribution in [0, 0.1) is 0 Å². The van der Waals surface area contributed by atoms with E-state index in [-0.39, 0.29) is 6.04 Å². The minimum Gasteiger partial charge on any atom is -0.493 e. The van der Waals surface area contributed by atoms with E-state index in [1.54, 1.807) is 18.0 Å². The Morgan fingerprint density at radius 1 is 1.62 bits per heavy atom. The normalized spacial score (nSPS) is 12.8. The van der Waals surface area contributed by atoms with Gasteiger partial charge in [0.15, 0.2) is 5.75 Å². The van der Waals surface area contributed by atoms with Gasteiger partial charge in [0, 0.05) is 20.3 Å². The fraction of sp³-hybridized carbons (Fsp3) is 0.700. The van der Waals surface area contributed by atoms with E-state index in [0.717, 1.165) is 17.9 Å². The van der Waals surface area contributed by atoms with E-state index in [9.17, 15) is 0 Å². The molecule has 0 saturated heterocycles. The Morgan fingerprint density at radius 3 is 2.94 bits per heavy atom. The quantitative estimate of drug-likeness (QED) is 0.400. The standard InChI is InChI=1S/C10H20N4O2/c1-4-16-6-5-8(13-11)10-9(15-3)7-12-14(10)2/h7-8,13H,4-6,11H2,1-3H3. The average molecular weight is 228 g/mol. The summed E-state index contributed by atoms with van der Waals surface area (Å²) >= 11 is 0. The first kappa shape index (κ1) is 13.0. The zero-order valence-corrected chi connectivity index (χ0v) is 10.1. The van der Waals surface area contributed by atoms with Crippen LogP contribution < -0.4 is 16.0 Å². The number of nitrogens with one attached hydrogen (secondary N) is 1. The molecule has 1 unspecified atom stereocenters. The predicted octanol–water partition coefficient (Wildman–Crippen LogP) is 0.360. The fourth-order valence-electron chi connectivity index (χ4n) is 1.63. The molecule has 92 valence electrons. The molecule has 1 aromatic rings. The molecule has 0 bridgehead atoms. The molecule has 0 amide bonds. The molecular formula is C10H20N4O2. The molecule has 0 fully saturated rings. The van der Waals surface area contributed by atoms with Crippen molar-refractivity contribution < 1.29 is 9.47 Å². The Hall–Kier alpha value is -1.11. The van der Waals surface area contributed by atoms with Gasteiger partial charge in [0.05, 0.1) is 25.0 Å². The smallest absolute Gasteiger partial charge is 0.161 e. The highest BCUT2D eigenvalue weighted by molar-refractivity contribution is 5.27. The molecule has 16 heavy (non-hydrogen) atoms. The number of aromatic nitrogens is 2. The second-order valence-corrected chi connectivity index (χ2v) is 3.43. The Kier molecular flexibility index (Phi) is 5.24. The zero-order valence-electron chi connectivity index (χ0n) is 10.1. The van der Waals surface area contributed by atoms with Gasteiger partial charge in [-0.25, -0.2) is 0 Å². The van der Waals surface area contributed by atoms with Gasteiger partial charge in [0.1, 0.15) is 0 Å². The van der Waals surface area contributed by atoms with Crippen LogP contribution in [0.3, 0.4) is 0 Å². The summed E-state index contributed by atoms with van der Waals surface area (Å²) < 4.78 is 12.3. The summed E-state index contributed by atoms with van der Waals surface area (Å²) in [7, 11) is 3.49. The molecule has 0 spiro atoms. The Balaban J connectivity index is 2.73. The lowest BCUT2D eigenvalue weighted by molar-refractivity contribution is 0.135. The number of hydrazine groups is 1. The van der Waals surface area contributed by atoms with Crippen molar-refractivity contribution >= 4 is 0 Å². The van der Waals surface area contributed by atoms with Crippen LogP contribution in [0.5, 0.6) is 5.75 Å². The second-order valence-electron chi connectivity index (χ2n) is 3.43. The number of hydrogen-bond acceptors (Lipinski definition) is 5. The van der Waals surface area contributed by atoms with Crippen LogP contribution >= 0.6 is 0 Å². The van der Waals surface area contributed by atoms with Gasteiger partial charge < -0.3 is 9.47 Å². The first-order valence-corrected chi connectivity index (χ1v) is 5.34.